The molecule has 0 saturated heterocycles. The SMILES string of the molecule is N[C@H]1C[C@@H]1c1ccc(-c2ccccc2O)cc1. The fraction of sp³-hybridized carbons (Fsp3) is 0.200. The van der Waals surface area contributed by atoms with E-state index in [0.717, 1.165) is 17.5 Å². The number of nitrogens with two attached hydrogens (primary N) is 1. The van der Waals surface area contributed by atoms with Crippen LogP contribution in [0.4, 0.5) is 0 Å². The van der Waals surface area contributed by atoms with Gasteiger partial charge in [-0.25, -0.2) is 0 Å². The molecule has 1 fully saturated rings. The van der Waals surface area contributed by atoms with E-state index in [1.807, 2.05) is 18.2 Å². The van der Waals surface area contributed by atoms with Crippen molar-refractivity contribution in [1.29, 1.82) is 0 Å². The average Bonchev–Trinajstić information content (AvgIpc) is 3.07. The van der Waals surface area contributed by atoms with E-state index in [-0.39, 0.29) is 0 Å². The summed E-state index contributed by atoms with van der Waals surface area (Å²) in [7, 11) is 0. The smallest absolute Gasteiger partial charge is 0.123 e. The summed E-state index contributed by atoms with van der Waals surface area (Å²) in [4.78, 5) is 0. The fourth-order valence-electron chi connectivity index (χ4n) is 2.23. The van der Waals surface area contributed by atoms with Gasteiger partial charge in [0, 0.05) is 17.5 Å². The van der Waals surface area contributed by atoms with Gasteiger partial charge in [0.1, 0.15) is 5.75 Å². The molecule has 2 aromatic rings. The molecular formula is C15H15NO. The highest BCUT2D eigenvalue weighted by molar-refractivity contribution is 5.70. The lowest BCUT2D eigenvalue weighted by molar-refractivity contribution is 0.477. The monoisotopic (exact) mass is 225 g/mol. The lowest BCUT2D eigenvalue weighted by Gasteiger charge is -2.05. The van der Waals surface area contributed by atoms with Crippen molar-refractivity contribution < 1.29 is 5.11 Å². The van der Waals surface area contributed by atoms with Gasteiger partial charge >= 0.3 is 0 Å². The zero-order valence-electron chi connectivity index (χ0n) is 9.51. The van der Waals surface area contributed by atoms with Crippen LogP contribution < -0.4 is 5.73 Å². The van der Waals surface area contributed by atoms with E-state index in [2.05, 4.69) is 24.3 Å². The zero-order valence-corrected chi connectivity index (χ0v) is 9.51. The van der Waals surface area contributed by atoms with Gasteiger partial charge in [-0.15, -0.1) is 0 Å². The molecule has 17 heavy (non-hydrogen) atoms. The Bertz CT molecular complexity index is 533. The molecule has 0 unspecified atom stereocenters. The minimum absolute atomic E-state index is 0.323. The van der Waals surface area contributed by atoms with E-state index in [4.69, 9.17) is 5.73 Å². The summed E-state index contributed by atoms with van der Waals surface area (Å²) < 4.78 is 0. The molecule has 0 bridgehead atoms. The molecule has 2 heteroatoms. The summed E-state index contributed by atoms with van der Waals surface area (Å²) in [5.41, 5.74) is 9.05. The molecule has 2 aromatic carbocycles. The Balaban J connectivity index is 1.92. The van der Waals surface area contributed by atoms with Crippen molar-refractivity contribution in [3.63, 3.8) is 0 Å². The Kier molecular flexibility index (Phi) is 2.37. The zero-order chi connectivity index (χ0) is 11.8. The van der Waals surface area contributed by atoms with Crippen LogP contribution in [0.5, 0.6) is 5.75 Å². The van der Waals surface area contributed by atoms with Crippen molar-refractivity contribution in [3.05, 3.63) is 54.1 Å². The van der Waals surface area contributed by atoms with Crippen molar-refractivity contribution in [2.45, 2.75) is 18.4 Å². The van der Waals surface area contributed by atoms with Crippen molar-refractivity contribution >= 4 is 0 Å². The molecule has 2 atom stereocenters. The van der Waals surface area contributed by atoms with Crippen molar-refractivity contribution in [2.75, 3.05) is 0 Å². The van der Waals surface area contributed by atoms with Crippen molar-refractivity contribution in [3.8, 4) is 16.9 Å². The number of hydrogen-bond acceptors (Lipinski definition) is 2. The number of hydrogen-bond donors (Lipinski definition) is 2. The Morgan fingerprint density at radius 2 is 1.65 bits per heavy atom. The molecule has 2 nitrogen and oxygen atoms in total. The van der Waals surface area contributed by atoms with Crippen LogP contribution in [0.3, 0.4) is 0 Å². The third-order valence-corrected chi connectivity index (χ3v) is 3.39. The molecule has 1 aliphatic rings. The topological polar surface area (TPSA) is 46.2 Å². The van der Waals surface area contributed by atoms with Crippen LogP contribution in [0.15, 0.2) is 48.5 Å². The predicted octanol–water partition coefficient (Wildman–Crippen LogP) is 2.87. The summed E-state index contributed by atoms with van der Waals surface area (Å²) in [5, 5.41) is 9.78. The van der Waals surface area contributed by atoms with Gasteiger partial charge in [-0.1, -0.05) is 42.5 Å². The number of benzene rings is 2. The summed E-state index contributed by atoms with van der Waals surface area (Å²) in [6, 6.07) is 16.1. The second-order valence-electron chi connectivity index (χ2n) is 4.65. The molecule has 0 spiro atoms. The van der Waals surface area contributed by atoms with Crippen molar-refractivity contribution in [1.82, 2.24) is 0 Å². The molecular weight excluding hydrogens is 210 g/mol. The van der Waals surface area contributed by atoms with Gasteiger partial charge in [-0.3, -0.25) is 0 Å². The normalized spacial score (nSPS) is 22.4. The number of phenols is 1. The highest BCUT2D eigenvalue weighted by atomic mass is 16.3. The van der Waals surface area contributed by atoms with Gasteiger partial charge in [-0.05, 0) is 23.6 Å². The van der Waals surface area contributed by atoms with Crippen LogP contribution >= 0.6 is 0 Å². The van der Waals surface area contributed by atoms with Crippen LogP contribution in [0.2, 0.25) is 0 Å². The standard InChI is InChI=1S/C15H15NO/c16-14-9-13(14)11-7-5-10(6-8-11)12-3-1-2-4-15(12)17/h1-8,13-14,17H,9,16H2/t13-,14+/m1/s1. The second-order valence-corrected chi connectivity index (χ2v) is 4.65. The molecule has 0 heterocycles. The molecule has 1 saturated carbocycles. The molecule has 0 aromatic heterocycles. The molecule has 86 valence electrons. The van der Waals surface area contributed by atoms with Crippen molar-refractivity contribution in [2.24, 2.45) is 5.73 Å². The van der Waals surface area contributed by atoms with Gasteiger partial charge in [0.2, 0.25) is 0 Å². The predicted molar refractivity (Wildman–Crippen MR) is 68.9 cm³/mol. The molecule has 3 N–H and O–H groups in total. The summed E-state index contributed by atoms with van der Waals surface area (Å²) >= 11 is 0. The maximum atomic E-state index is 9.78. The maximum absolute atomic E-state index is 9.78. The first-order valence-corrected chi connectivity index (χ1v) is 5.89. The number of aromatic hydroxyl groups is 1. The fourth-order valence-corrected chi connectivity index (χ4v) is 2.23. The Labute approximate surface area is 101 Å². The minimum Gasteiger partial charge on any atom is -0.507 e. The van der Waals surface area contributed by atoms with E-state index < -0.39 is 0 Å². The Morgan fingerprint density at radius 1 is 1.00 bits per heavy atom. The van der Waals surface area contributed by atoms with E-state index >= 15 is 0 Å². The quantitative estimate of drug-likeness (QED) is 0.825. The number of para-hydroxylation sites is 1. The number of rotatable bonds is 2. The molecule has 1 aliphatic carbocycles. The highest BCUT2D eigenvalue weighted by Gasteiger charge is 2.34. The van der Waals surface area contributed by atoms with Crippen LogP contribution in [-0.2, 0) is 0 Å². The second kappa shape index (κ2) is 3.90. The summed E-state index contributed by atoms with van der Waals surface area (Å²) in [6.07, 6.45) is 1.09. The minimum atomic E-state index is 0.323. The first-order valence-electron chi connectivity index (χ1n) is 5.89. The molecule has 0 aliphatic heterocycles. The molecule has 0 radical (unpaired) electrons. The highest BCUT2D eigenvalue weighted by Crippen LogP contribution is 2.39. The van der Waals surface area contributed by atoms with Gasteiger partial charge in [-0.2, -0.15) is 0 Å². The van der Waals surface area contributed by atoms with E-state index in [1.54, 1.807) is 6.07 Å². The lowest BCUT2D eigenvalue weighted by atomic mass is 10.0. The first kappa shape index (κ1) is 10.4. The Morgan fingerprint density at radius 3 is 2.24 bits per heavy atom. The van der Waals surface area contributed by atoms with Gasteiger partial charge in [0.05, 0.1) is 0 Å². The lowest BCUT2D eigenvalue weighted by Crippen LogP contribution is -2.00. The van der Waals surface area contributed by atoms with Crippen LogP contribution in [0.1, 0.15) is 17.9 Å². The Hall–Kier alpha value is -1.80. The van der Waals surface area contributed by atoms with Crippen LogP contribution in [0, 0.1) is 0 Å². The summed E-state index contributed by atoms with van der Waals surface area (Å²) in [5.74, 6) is 0.858. The molecule has 0 amide bonds. The summed E-state index contributed by atoms with van der Waals surface area (Å²) in [6.45, 7) is 0. The van der Waals surface area contributed by atoms with Gasteiger partial charge in [0.25, 0.3) is 0 Å². The average molecular weight is 225 g/mol. The van der Waals surface area contributed by atoms with Gasteiger partial charge < -0.3 is 10.8 Å². The van der Waals surface area contributed by atoms with E-state index in [9.17, 15) is 5.11 Å². The third kappa shape index (κ3) is 1.92. The van der Waals surface area contributed by atoms with Gasteiger partial charge in [0.15, 0.2) is 0 Å². The maximum Gasteiger partial charge on any atom is 0.123 e. The largest absolute Gasteiger partial charge is 0.507 e. The van der Waals surface area contributed by atoms with Crippen LogP contribution in [-0.4, -0.2) is 11.1 Å². The molecule has 3 rings (SSSR count). The van der Waals surface area contributed by atoms with E-state index in [0.29, 0.717) is 17.7 Å². The number of phenolic OH excluding ortho intramolecular Hbond substituents is 1. The van der Waals surface area contributed by atoms with E-state index in [1.165, 1.54) is 5.56 Å². The third-order valence-electron chi connectivity index (χ3n) is 3.39. The first-order chi connectivity index (χ1) is 8.25. The van der Waals surface area contributed by atoms with Crippen LogP contribution in [0.25, 0.3) is 11.1 Å².